The van der Waals surface area contributed by atoms with Gasteiger partial charge in [-0.25, -0.2) is 14.7 Å². The largest absolute Gasteiger partial charge is 0.465 e. The van der Waals surface area contributed by atoms with Gasteiger partial charge in [0.05, 0.1) is 11.5 Å². The number of rotatable bonds is 5. The molecular formula is C14H18ClN3O6. The van der Waals surface area contributed by atoms with Crippen LogP contribution in [0.4, 0.5) is 16.3 Å². The predicted molar refractivity (Wildman–Crippen MR) is 86.1 cm³/mol. The van der Waals surface area contributed by atoms with Gasteiger partial charge in [-0.3, -0.25) is 14.9 Å². The minimum atomic E-state index is -0.978. The summed E-state index contributed by atoms with van der Waals surface area (Å²) in [5.74, 6) is -1.16. The topological polar surface area (TPSA) is 112 Å². The molecule has 0 spiro atoms. The molecule has 132 valence electrons. The summed E-state index contributed by atoms with van der Waals surface area (Å²) in [6, 6.07) is 2.30. The summed E-state index contributed by atoms with van der Waals surface area (Å²) < 4.78 is 9.97. The molecule has 0 bridgehead atoms. The second-order valence-corrected chi connectivity index (χ2v) is 5.99. The first kappa shape index (κ1) is 19.6. The number of esters is 1. The number of amides is 1. The molecule has 0 aliphatic rings. The van der Waals surface area contributed by atoms with Gasteiger partial charge in [0.15, 0.2) is 0 Å². The third-order valence-corrected chi connectivity index (χ3v) is 2.69. The van der Waals surface area contributed by atoms with Crippen LogP contribution >= 0.6 is 11.6 Å². The van der Waals surface area contributed by atoms with E-state index in [9.17, 15) is 19.7 Å². The molecule has 9 nitrogen and oxygen atoms in total. The number of ether oxygens (including phenoxy) is 2. The van der Waals surface area contributed by atoms with Crippen LogP contribution in [0.5, 0.6) is 0 Å². The number of nitro groups is 1. The van der Waals surface area contributed by atoms with Crippen LogP contribution in [-0.4, -0.2) is 40.7 Å². The van der Waals surface area contributed by atoms with Crippen molar-refractivity contribution in [3.05, 3.63) is 27.4 Å². The molecule has 1 aromatic rings. The highest BCUT2D eigenvalue weighted by Gasteiger charge is 2.32. The minimum absolute atomic E-state index is 0.0759. The second-order valence-electron chi connectivity index (χ2n) is 5.61. The zero-order chi connectivity index (χ0) is 18.5. The van der Waals surface area contributed by atoms with Gasteiger partial charge in [0.2, 0.25) is 5.82 Å². The molecule has 0 aliphatic carbocycles. The molecule has 0 saturated carbocycles. The average Bonchev–Trinajstić information content (AvgIpc) is 2.42. The Balaban J connectivity index is 3.31. The number of hydrogen-bond donors (Lipinski definition) is 0. The Bertz CT molecular complexity index is 644. The molecule has 0 aliphatic heterocycles. The molecular weight excluding hydrogens is 342 g/mol. The van der Waals surface area contributed by atoms with E-state index in [0.29, 0.717) is 0 Å². The number of carbonyl (C=O) groups is 2. The van der Waals surface area contributed by atoms with Gasteiger partial charge in [0, 0.05) is 6.07 Å². The van der Waals surface area contributed by atoms with E-state index in [1.807, 2.05) is 0 Å². The fourth-order valence-corrected chi connectivity index (χ4v) is 1.78. The van der Waals surface area contributed by atoms with E-state index in [1.54, 1.807) is 27.7 Å². The first-order valence-corrected chi connectivity index (χ1v) is 7.40. The Morgan fingerprint density at radius 3 is 2.50 bits per heavy atom. The zero-order valence-electron chi connectivity index (χ0n) is 13.7. The Morgan fingerprint density at radius 2 is 2.00 bits per heavy atom. The molecule has 0 N–H and O–H groups in total. The van der Waals surface area contributed by atoms with Crippen molar-refractivity contribution >= 4 is 35.2 Å². The molecule has 1 heterocycles. The summed E-state index contributed by atoms with van der Waals surface area (Å²) in [5.41, 5.74) is -1.37. The first-order valence-electron chi connectivity index (χ1n) is 7.02. The number of anilines is 1. The van der Waals surface area contributed by atoms with Crippen molar-refractivity contribution in [2.24, 2.45) is 0 Å². The van der Waals surface area contributed by atoms with Gasteiger partial charge in [-0.2, -0.15) is 0 Å². The summed E-state index contributed by atoms with van der Waals surface area (Å²) in [6.45, 7) is 5.94. The molecule has 1 rings (SSSR count). The number of nitrogens with zero attached hydrogens (tertiary/aromatic N) is 3. The van der Waals surface area contributed by atoms with Gasteiger partial charge in [-0.05, 0) is 33.8 Å². The van der Waals surface area contributed by atoms with Gasteiger partial charge in [0.1, 0.15) is 17.3 Å². The molecule has 0 aromatic carbocycles. The van der Waals surface area contributed by atoms with E-state index in [0.717, 1.165) is 11.0 Å². The molecule has 10 heteroatoms. The van der Waals surface area contributed by atoms with Crippen LogP contribution in [0.1, 0.15) is 27.7 Å². The molecule has 0 fully saturated rings. The van der Waals surface area contributed by atoms with E-state index in [2.05, 4.69) is 4.98 Å². The van der Waals surface area contributed by atoms with Crippen LogP contribution in [0.2, 0.25) is 5.15 Å². The lowest BCUT2D eigenvalue weighted by atomic mass is 10.2. The Labute approximate surface area is 143 Å². The molecule has 1 aromatic heterocycles. The van der Waals surface area contributed by atoms with Crippen LogP contribution in [0.3, 0.4) is 0 Å². The van der Waals surface area contributed by atoms with Gasteiger partial charge in [-0.15, -0.1) is 0 Å². The average molecular weight is 360 g/mol. The highest BCUT2D eigenvalue weighted by Crippen LogP contribution is 2.29. The first-order chi connectivity index (χ1) is 11.0. The van der Waals surface area contributed by atoms with Crippen LogP contribution in [0, 0.1) is 10.1 Å². The van der Waals surface area contributed by atoms with Crippen LogP contribution in [0.15, 0.2) is 12.1 Å². The molecule has 0 atom stereocenters. The summed E-state index contributed by atoms with van der Waals surface area (Å²) in [7, 11) is 0. The summed E-state index contributed by atoms with van der Waals surface area (Å²) in [4.78, 5) is 39.1. The Morgan fingerprint density at radius 1 is 1.38 bits per heavy atom. The van der Waals surface area contributed by atoms with Crippen molar-refractivity contribution in [1.82, 2.24) is 4.98 Å². The lowest BCUT2D eigenvalue weighted by molar-refractivity contribution is -0.384. The molecule has 1 amide bonds. The third kappa shape index (κ3) is 5.65. The van der Waals surface area contributed by atoms with Gasteiger partial charge >= 0.3 is 17.7 Å². The van der Waals surface area contributed by atoms with Crippen LogP contribution < -0.4 is 4.90 Å². The van der Waals surface area contributed by atoms with Gasteiger partial charge in [0.25, 0.3) is 0 Å². The SMILES string of the molecule is CCOC(=O)CN(C(=O)OC(C)(C)C)c1nc(Cl)ccc1[N+](=O)[O-]. The standard InChI is InChI=1S/C14H18ClN3O6/c1-5-23-11(19)8-17(13(20)24-14(2,3)4)12-9(18(21)22)6-7-10(15)16-12/h6-7H,5,8H2,1-4H3. The lowest BCUT2D eigenvalue weighted by Crippen LogP contribution is -2.41. The number of carbonyl (C=O) groups excluding carboxylic acids is 2. The number of hydrogen-bond acceptors (Lipinski definition) is 7. The highest BCUT2D eigenvalue weighted by atomic mass is 35.5. The monoisotopic (exact) mass is 359 g/mol. The van der Waals surface area contributed by atoms with Crippen molar-refractivity contribution in [3.63, 3.8) is 0 Å². The minimum Gasteiger partial charge on any atom is -0.465 e. The normalized spacial score (nSPS) is 10.9. The van der Waals surface area contributed by atoms with Gasteiger partial charge in [-0.1, -0.05) is 11.6 Å². The van der Waals surface area contributed by atoms with Crippen molar-refractivity contribution < 1.29 is 24.0 Å². The molecule has 0 radical (unpaired) electrons. The maximum Gasteiger partial charge on any atom is 0.416 e. The maximum absolute atomic E-state index is 12.4. The smallest absolute Gasteiger partial charge is 0.416 e. The van der Waals surface area contributed by atoms with E-state index in [-0.39, 0.29) is 11.8 Å². The van der Waals surface area contributed by atoms with Crippen LogP contribution in [0.25, 0.3) is 0 Å². The Hall–Kier alpha value is -2.42. The zero-order valence-corrected chi connectivity index (χ0v) is 14.5. The quantitative estimate of drug-likeness (QED) is 0.344. The predicted octanol–water partition coefficient (Wildman–Crippen LogP) is 2.95. The summed E-state index contributed by atoms with van der Waals surface area (Å²) >= 11 is 5.77. The van der Waals surface area contributed by atoms with E-state index in [1.165, 1.54) is 6.07 Å². The second kappa shape index (κ2) is 7.91. The van der Waals surface area contributed by atoms with Crippen LogP contribution in [-0.2, 0) is 14.3 Å². The van der Waals surface area contributed by atoms with Crippen molar-refractivity contribution in [1.29, 1.82) is 0 Å². The van der Waals surface area contributed by atoms with E-state index < -0.39 is 40.6 Å². The third-order valence-electron chi connectivity index (χ3n) is 2.48. The molecule has 24 heavy (non-hydrogen) atoms. The summed E-state index contributed by atoms with van der Waals surface area (Å²) in [5, 5.41) is 11.1. The van der Waals surface area contributed by atoms with Crippen molar-refractivity contribution in [2.45, 2.75) is 33.3 Å². The molecule has 0 saturated heterocycles. The number of aromatic nitrogens is 1. The Kier molecular flexibility index (Phi) is 6.47. The van der Waals surface area contributed by atoms with Gasteiger partial charge < -0.3 is 9.47 Å². The van der Waals surface area contributed by atoms with E-state index in [4.69, 9.17) is 21.1 Å². The maximum atomic E-state index is 12.4. The number of halogens is 1. The molecule has 0 unspecified atom stereocenters. The van der Waals surface area contributed by atoms with Crippen molar-refractivity contribution in [3.8, 4) is 0 Å². The van der Waals surface area contributed by atoms with Crippen molar-refractivity contribution in [2.75, 3.05) is 18.1 Å². The fraction of sp³-hybridized carbons (Fsp3) is 0.500. The highest BCUT2D eigenvalue weighted by molar-refractivity contribution is 6.29. The fourth-order valence-electron chi connectivity index (χ4n) is 1.64. The number of pyridine rings is 1. The lowest BCUT2D eigenvalue weighted by Gasteiger charge is -2.26. The van der Waals surface area contributed by atoms with E-state index >= 15 is 0 Å². The summed E-state index contributed by atoms with van der Waals surface area (Å²) in [6.07, 6.45) is -0.978.